The molecule has 0 aromatic heterocycles. The van der Waals surface area contributed by atoms with Crippen molar-refractivity contribution < 1.29 is 5.11 Å². The molecule has 0 spiro atoms. The van der Waals surface area contributed by atoms with E-state index in [2.05, 4.69) is 45.0 Å². The highest BCUT2D eigenvalue weighted by atomic mass is 28.3. The minimum Gasteiger partial charge on any atom is -0.378 e. The molecule has 0 radical (unpaired) electrons. The topological polar surface area (TPSA) is 20.2 Å². The lowest BCUT2D eigenvalue weighted by Crippen LogP contribution is -2.28. The zero-order valence-corrected chi connectivity index (χ0v) is 12.7. The molecular formula is C14H28OSi. The molecule has 0 saturated carbocycles. The zero-order chi connectivity index (χ0) is 12.7. The van der Waals surface area contributed by atoms with Crippen LogP contribution in [0.5, 0.6) is 0 Å². The van der Waals surface area contributed by atoms with Crippen LogP contribution in [0.3, 0.4) is 0 Å². The number of hydrogen-bond acceptors (Lipinski definition) is 1. The van der Waals surface area contributed by atoms with Crippen LogP contribution in [0.15, 0.2) is 0 Å². The van der Waals surface area contributed by atoms with Crippen LogP contribution >= 0.6 is 0 Å². The van der Waals surface area contributed by atoms with Crippen molar-refractivity contribution in [1.82, 2.24) is 0 Å². The summed E-state index contributed by atoms with van der Waals surface area (Å²) in [5.41, 5.74) is 2.60. The molecule has 0 aromatic carbocycles. The van der Waals surface area contributed by atoms with Crippen LogP contribution in [-0.2, 0) is 0 Å². The Bertz CT molecular complexity index is 244. The van der Waals surface area contributed by atoms with Gasteiger partial charge in [-0.3, -0.25) is 0 Å². The first-order chi connectivity index (χ1) is 7.33. The first-order valence-electron chi connectivity index (χ1n) is 6.59. The molecule has 0 aliphatic carbocycles. The van der Waals surface area contributed by atoms with Crippen molar-refractivity contribution in [3.8, 4) is 11.5 Å². The van der Waals surface area contributed by atoms with Gasteiger partial charge in [-0.05, 0) is 19.3 Å². The van der Waals surface area contributed by atoms with Crippen LogP contribution in [-0.4, -0.2) is 18.8 Å². The molecule has 0 saturated heterocycles. The predicted octanol–water partition coefficient (Wildman–Crippen LogP) is 3.98. The first-order valence-corrected chi connectivity index (χ1v) is 10.1. The normalized spacial score (nSPS) is 15.1. The first kappa shape index (κ1) is 15.7. The Morgan fingerprint density at radius 3 is 2.06 bits per heavy atom. The van der Waals surface area contributed by atoms with Crippen LogP contribution < -0.4 is 0 Å². The Balaban J connectivity index is 4.47. The molecule has 0 heterocycles. The summed E-state index contributed by atoms with van der Waals surface area (Å²) in [5, 5.41) is 10.4. The van der Waals surface area contributed by atoms with E-state index in [0.29, 0.717) is 0 Å². The molecule has 0 rings (SSSR count). The van der Waals surface area contributed by atoms with E-state index >= 15 is 0 Å². The lowest BCUT2D eigenvalue weighted by atomic mass is 9.92. The van der Waals surface area contributed by atoms with E-state index in [1.165, 1.54) is 12.8 Å². The Labute approximate surface area is 103 Å². The molecule has 0 aliphatic heterocycles. The Hall–Kier alpha value is -0.263. The summed E-state index contributed by atoms with van der Waals surface area (Å²) in [5.74, 6) is 3.16. The molecule has 1 N–H and O–H groups in total. The second-order valence-corrected chi connectivity index (χ2v) is 10.5. The average Bonchev–Trinajstić information content (AvgIpc) is 2.15. The fourth-order valence-corrected chi connectivity index (χ4v) is 2.24. The Kier molecular flexibility index (Phi) is 7.02. The summed E-state index contributed by atoms with van der Waals surface area (Å²) >= 11 is 0. The summed E-state index contributed by atoms with van der Waals surface area (Å²) in [6, 6.07) is 0. The van der Waals surface area contributed by atoms with Gasteiger partial charge in [0.2, 0.25) is 0 Å². The van der Waals surface area contributed by atoms with E-state index in [1.54, 1.807) is 0 Å². The third kappa shape index (κ3) is 7.96. The summed E-state index contributed by atoms with van der Waals surface area (Å²) in [7, 11) is -1.36. The largest absolute Gasteiger partial charge is 0.378 e. The van der Waals surface area contributed by atoms with Gasteiger partial charge in [0.15, 0.2) is 0 Å². The van der Waals surface area contributed by atoms with Gasteiger partial charge in [0, 0.05) is 0 Å². The van der Waals surface area contributed by atoms with Gasteiger partial charge in [0.1, 0.15) is 13.7 Å². The second kappa shape index (κ2) is 7.14. The molecule has 0 aliphatic rings. The lowest BCUT2D eigenvalue weighted by molar-refractivity contribution is 0.0787. The van der Waals surface area contributed by atoms with Crippen molar-refractivity contribution in [2.45, 2.75) is 77.6 Å². The molecular weight excluding hydrogens is 212 g/mol. The quantitative estimate of drug-likeness (QED) is 0.423. The lowest BCUT2D eigenvalue weighted by Gasteiger charge is -2.22. The van der Waals surface area contributed by atoms with Gasteiger partial charge in [-0.2, -0.15) is 0 Å². The highest BCUT2D eigenvalue weighted by Crippen LogP contribution is 2.20. The highest BCUT2D eigenvalue weighted by molar-refractivity contribution is 6.83. The third-order valence-electron chi connectivity index (χ3n) is 2.53. The van der Waals surface area contributed by atoms with Crippen LogP contribution in [0.25, 0.3) is 0 Å². The van der Waals surface area contributed by atoms with Crippen molar-refractivity contribution in [3.05, 3.63) is 0 Å². The average molecular weight is 240 g/mol. The number of unbranched alkanes of at least 4 members (excludes halogenated alkanes) is 2. The molecule has 1 nitrogen and oxygen atoms in total. The number of rotatable bonds is 6. The summed E-state index contributed by atoms with van der Waals surface area (Å²) < 4.78 is 0. The Morgan fingerprint density at radius 1 is 1.00 bits per heavy atom. The fraction of sp³-hybridized carbons (Fsp3) is 0.857. The van der Waals surface area contributed by atoms with E-state index in [-0.39, 0.29) is 0 Å². The van der Waals surface area contributed by atoms with E-state index in [1.807, 2.05) is 0 Å². The van der Waals surface area contributed by atoms with E-state index in [4.69, 9.17) is 0 Å². The molecule has 0 fully saturated rings. The number of aliphatic hydroxyl groups is 1. The minimum absolute atomic E-state index is 0.718. The molecule has 94 valence electrons. The van der Waals surface area contributed by atoms with Gasteiger partial charge in [-0.25, -0.2) is 0 Å². The summed E-state index contributed by atoms with van der Waals surface area (Å²) in [4.78, 5) is 0. The van der Waals surface area contributed by atoms with Gasteiger partial charge in [-0.15, -0.1) is 5.54 Å². The van der Waals surface area contributed by atoms with Gasteiger partial charge >= 0.3 is 0 Å². The predicted molar refractivity (Wildman–Crippen MR) is 75.1 cm³/mol. The molecule has 0 bridgehead atoms. The second-order valence-electron chi connectivity index (χ2n) is 5.74. The van der Waals surface area contributed by atoms with Crippen LogP contribution in [0.4, 0.5) is 0 Å². The van der Waals surface area contributed by atoms with Crippen LogP contribution in [0.1, 0.15) is 52.4 Å². The summed E-state index contributed by atoms with van der Waals surface area (Å²) in [6.45, 7) is 11.0. The minimum atomic E-state index is -1.36. The van der Waals surface area contributed by atoms with Crippen molar-refractivity contribution in [1.29, 1.82) is 0 Å². The highest BCUT2D eigenvalue weighted by Gasteiger charge is 2.23. The monoisotopic (exact) mass is 240 g/mol. The Morgan fingerprint density at radius 2 is 1.62 bits per heavy atom. The zero-order valence-electron chi connectivity index (χ0n) is 11.7. The van der Waals surface area contributed by atoms with Gasteiger partial charge in [-0.1, -0.05) is 58.7 Å². The standard InChI is InChI=1S/C14H28OSi/c1-6-8-9-11-14(15,10-7-2)12-13-16(3,4)5/h15H,6-11H2,1-5H3. The van der Waals surface area contributed by atoms with Gasteiger partial charge in [0.05, 0.1) is 0 Å². The van der Waals surface area contributed by atoms with Crippen molar-refractivity contribution in [2.24, 2.45) is 0 Å². The molecule has 2 heteroatoms. The van der Waals surface area contributed by atoms with Crippen LogP contribution in [0.2, 0.25) is 19.6 Å². The van der Waals surface area contributed by atoms with Crippen LogP contribution in [0, 0.1) is 11.5 Å². The number of hydrogen-bond donors (Lipinski definition) is 1. The smallest absolute Gasteiger partial charge is 0.129 e. The van der Waals surface area contributed by atoms with E-state index in [9.17, 15) is 5.11 Å². The van der Waals surface area contributed by atoms with Crippen molar-refractivity contribution in [2.75, 3.05) is 0 Å². The SMILES string of the molecule is CCCCCC(O)(C#C[Si](C)(C)C)CCC. The van der Waals surface area contributed by atoms with E-state index in [0.717, 1.165) is 25.7 Å². The molecule has 0 amide bonds. The molecule has 0 aromatic rings. The van der Waals surface area contributed by atoms with Gasteiger partial charge in [0.25, 0.3) is 0 Å². The maximum atomic E-state index is 10.4. The van der Waals surface area contributed by atoms with E-state index < -0.39 is 13.7 Å². The maximum Gasteiger partial charge on any atom is 0.129 e. The van der Waals surface area contributed by atoms with Crippen molar-refractivity contribution >= 4 is 8.07 Å². The molecule has 1 atom stereocenters. The molecule has 1 unspecified atom stereocenters. The van der Waals surface area contributed by atoms with Crippen molar-refractivity contribution in [3.63, 3.8) is 0 Å². The molecule has 16 heavy (non-hydrogen) atoms. The third-order valence-corrected chi connectivity index (χ3v) is 3.40. The van der Waals surface area contributed by atoms with Gasteiger partial charge < -0.3 is 5.11 Å². The maximum absolute atomic E-state index is 10.4. The summed E-state index contributed by atoms with van der Waals surface area (Å²) in [6.07, 6.45) is 6.14. The fourth-order valence-electron chi connectivity index (χ4n) is 1.63.